The summed E-state index contributed by atoms with van der Waals surface area (Å²) in [5, 5.41) is 4.02. The van der Waals surface area contributed by atoms with E-state index in [2.05, 4.69) is 5.10 Å². The van der Waals surface area contributed by atoms with E-state index < -0.39 is 0 Å². The molecule has 0 aliphatic rings. The van der Waals surface area contributed by atoms with Crippen LogP contribution in [-0.4, -0.2) is 22.2 Å². The molecule has 100 valence electrons. The van der Waals surface area contributed by atoms with Gasteiger partial charge in [-0.15, -0.1) is 0 Å². The number of hydrogen-bond donors (Lipinski definition) is 1. The Labute approximate surface area is 112 Å². The number of aromatic nitrogens is 2. The lowest BCUT2D eigenvalue weighted by atomic mass is 10.2. The number of carbonyl (C=O) groups is 1. The molecule has 2 rings (SSSR count). The van der Waals surface area contributed by atoms with Gasteiger partial charge in [-0.3, -0.25) is 9.48 Å². The van der Waals surface area contributed by atoms with Crippen LogP contribution in [0.4, 0.5) is 11.5 Å². The van der Waals surface area contributed by atoms with Crippen LogP contribution in [0.15, 0.2) is 36.5 Å². The molecule has 0 aliphatic heterocycles. The van der Waals surface area contributed by atoms with Gasteiger partial charge in [0.15, 0.2) is 0 Å². The van der Waals surface area contributed by atoms with Crippen molar-refractivity contribution in [3.8, 4) is 0 Å². The number of aryl methyl sites for hydroxylation is 1. The minimum atomic E-state index is -0.00514. The summed E-state index contributed by atoms with van der Waals surface area (Å²) >= 11 is 0. The van der Waals surface area contributed by atoms with Crippen LogP contribution < -0.4 is 10.6 Å². The van der Waals surface area contributed by atoms with Gasteiger partial charge in [0, 0.05) is 18.4 Å². The molecule has 0 saturated heterocycles. The van der Waals surface area contributed by atoms with Crippen LogP contribution in [-0.2, 0) is 11.3 Å². The van der Waals surface area contributed by atoms with Crippen LogP contribution in [0.1, 0.15) is 12.5 Å². The number of likely N-dealkylation sites (N-methyl/N-ethyl adjacent to an activating group) is 1. The monoisotopic (exact) mass is 258 g/mol. The van der Waals surface area contributed by atoms with Gasteiger partial charge >= 0.3 is 0 Å². The number of hydrogen-bond acceptors (Lipinski definition) is 3. The van der Waals surface area contributed by atoms with Gasteiger partial charge in [-0.25, -0.2) is 0 Å². The normalized spacial score (nSPS) is 10.4. The predicted octanol–water partition coefficient (Wildman–Crippen LogP) is 1.83. The fourth-order valence-corrected chi connectivity index (χ4v) is 1.92. The van der Waals surface area contributed by atoms with E-state index in [1.54, 1.807) is 21.8 Å². The molecule has 0 fully saturated rings. The molecule has 0 aliphatic carbocycles. The van der Waals surface area contributed by atoms with Crippen molar-refractivity contribution in [3.63, 3.8) is 0 Å². The highest BCUT2D eigenvalue weighted by Crippen LogP contribution is 2.15. The Morgan fingerprint density at radius 1 is 1.32 bits per heavy atom. The van der Waals surface area contributed by atoms with Crippen molar-refractivity contribution in [2.75, 3.05) is 17.2 Å². The van der Waals surface area contributed by atoms with Gasteiger partial charge in [-0.1, -0.05) is 17.7 Å². The molecule has 0 spiro atoms. The van der Waals surface area contributed by atoms with Crippen LogP contribution in [0.3, 0.4) is 0 Å². The Hall–Kier alpha value is -2.30. The maximum absolute atomic E-state index is 12.3. The summed E-state index contributed by atoms with van der Waals surface area (Å²) in [5.41, 5.74) is 7.61. The maximum Gasteiger partial charge on any atom is 0.248 e. The third-order valence-electron chi connectivity index (χ3n) is 2.92. The van der Waals surface area contributed by atoms with Crippen LogP contribution in [0.25, 0.3) is 0 Å². The zero-order chi connectivity index (χ0) is 13.8. The summed E-state index contributed by atoms with van der Waals surface area (Å²) in [6.45, 7) is 4.79. The maximum atomic E-state index is 12.3. The van der Waals surface area contributed by atoms with E-state index in [1.165, 1.54) is 5.56 Å². The molecule has 1 heterocycles. The first-order valence-corrected chi connectivity index (χ1v) is 6.26. The summed E-state index contributed by atoms with van der Waals surface area (Å²) in [6, 6.07) is 9.58. The molecule has 0 bridgehead atoms. The highest BCUT2D eigenvalue weighted by molar-refractivity contribution is 5.93. The highest BCUT2D eigenvalue weighted by Gasteiger charge is 2.14. The molecular formula is C14H18N4O. The van der Waals surface area contributed by atoms with Crippen molar-refractivity contribution >= 4 is 17.4 Å². The predicted molar refractivity (Wildman–Crippen MR) is 75.8 cm³/mol. The van der Waals surface area contributed by atoms with Crippen molar-refractivity contribution in [2.24, 2.45) is 0 Å². The zero-order valence-corrected chi connectivity index (χ0v) is 11.2. The van der Waals surface area contributed by atoms with E-state index in [4.69, 9.17) is 5.73 Å². The van der Waals surface area contributed by atoms with Gasteiger partial charge in [-0.2, -0.15) is 5.10 Å². The second kappa shape index (κ2) is 5.56. The first-order chi connectivity index (χ1) is 9.10. The number of anilines is 2. The van der Waals surface area contributed by atoms with Crippen molar-refractivity contribution < 1.29 is 4.79 Å². The molecule has 2 aromatic rings. The van der Waals surface area contributed by atoms with E-state index in [0.29, 0.717) is 12.4 Å². The number of nitrogen functional groups attached to an aromatic ring is 1. The quantitative estimate of drug-likeness (QED) is 0.910. The highest BCUT2D eigenvalue weighted by atomic mass is 16.2. The van der Waals surface area contributed by atoms with E-state index >= 15 is 0 Å². The number of carbonyl (C=O) groups excluding carboxylic acids is 1. The number of nitrogens with zero attached hydrogens (tertiary/aromatic N) is 3. The number of amides is 1. The third-order valence-corrected chi connectivity index (χ3v) is 2.92. The van der Waals surface area contributed by atoms with Crippen LogP contribution in [0.5, 0.6) is 0 Å². The number of benzene rings is 1. The molecule has 0 radical (unpaired) electrons. The lowest BCUT2D eigenvalue weighted by Crippen LogP contribution is -2.33. The van der Waals surface area contributed by atoms with Crippen LogP contribution in [0.2, 0.25) is 0 Å². The Bertz CT molecular complexity index is 559. The second-order valence-corrected chi connectivity index (χ2v) is 4.41. The second-order valence-electron chi connectivity index (χ2n) is 4.41. The molecule has 2 N–H and O–H groups in total. The minimum absolute atomic E-state index is 0.00514. The topological polar surface area (TPSA) is 64.2 Å². The molecule has 5 heteroatoms. The Morgan fingerprint density at radius 3 is 2.53 bits per heavy atom. The van der Waals surface area contributed by atoms with E-state index in [9.17, 15) is 4.79 Å². The summed E-state index contributed by atoms with van der Waals surface area (Å²) in [7, 11) is 0. The van der Waals surface area contributed by atoms with E-state index in [0.717, 1.165) is 5.69 Å². The largest absolute Gasteiger partial charge is 0.382 e. The molecule has 5 nitrogen and oxygen atoms in total. The van der Waals surface area contributed by atoms with E-state index in [-0.39, 0.29) is 12.5 Å². The van der Waals surface area contributed by atoms with Crippen LogP contribution >= 0.6 is 0 Å². The van der Waals surface area contributed by atoms with Crippen LogP contribution in [0, 0.1) is 6.92 Å². The first-order valence-electron chi connectivity index (χ1n) is 6.26. The standard InChI is InChI=1S/C14H18N4O/c1-3-18(12-6-4-11(2)5-7-12)14(19)10-17-9-8-13(15)16-17/h4-9H,3,10H2,1-2H3,(H2,15,16). The average Bonchev–Trinajstić information content (AvgIpc) is 2.78. The van der Waals surface area contributed by atoms with Gasteiger partial charge < -0.3 is 10.6 Å². The Balaban J connectivity index is 2.13. The lowest BCUT2D eigenvalue weighted by Gasteiger charge is -2.21. The smallest absolute Gasteiger partial charge is 0.248 e. The molecular weight excluding hydrogens is 240 g/mol. The molecule has 1 amide bonds. The van der Waals surface area contributed by atoms with Crippen molar-refractivity contribution in [1.29, 1.82) is 0 Å². The summed E-state index contributed by atoms with van der Waals surface area (Å²) in [6.07, 6.45) is 1.70. The van der Waals surface area contributed by atoms with Crippen molar-refractivity contribution in [1.82, 2.24) is 9.78 Å². The van der Waals surface area contributed by atoms with Crippen molar-refractivity contribution in [3.05, 3.63) is 42.1 Å². The number of rotatable bonds is 4. The fraction of sp³-hybridized carbons (Fsp3) is 0.286. The van der Waals surface area contributed by atoms with Gasteiger partial charge in [0.2, 0.25) is 5.91 Å². The first kappa shape index (κ1) is 13.1. The van der Waals surface area contributed by atoms with Gasteiger partial charge in [-0.05, 0) is 32.0 Å². The summed E-state index contributed by atoms with van der Waals surface area (Å²) in [5.74, 6) is 0.417. The summed E-state index contributed by atoms with van der Waals surface area (Å²) < 4.78 is 1.55. The molecule has 0 unspecified atom stereocenters. The summed E-state index contributed by atoms with van der Waals surface area (Å²) in [4.78, 5) is 14.0. The lowest BCUT2D eigenvalue weighted by molar-refractivity contribution is -0.119. The van der Waals surface area contributed by atoms with Gasteiger partial charge in [0.05, 0.1) is 0 Å². The molecule has 19 heavy (non-hydrogen) atoms. The van der Waals surface area contributed by atoms with Gasteiger partial charge in [0.1, 0.15) is 12.4 Å². The zero-order valence-electron chi connectivity index (χ0n) is 11.2. The third kappa shape index (κ3) is 3.13. The molecule has 0 saturated carbocycles. The number of nitrogens with two attached hydrogens (primary N) is 1. The SMILES string of the molecule is CCN(C(=O)Cn1ccc(N)n1)c1ccc(C)cc1. The average molecular weight is 258 g/mol. The minimum Gasteiger partial charge on any atom is -0.382 e. The van der Waals surface area contributed by atoms with E-state index in [1.807, 2.05) is 38.1 Å². The molecule has 1 aromatic carbocycles. The fourth-order valence-electron chi connectivity index (χ4n) is 1.92. The Kier molecular flexibility index (Phi) is 3.85. The Morgan fingerprint density at radius 2 is 2.00 bits per heavy atom. The van der Waals surface area contributed by atoms with Crippen molar-refractivity contribution in [2.45, 2.75) is 20.4 Å². The molecule has 1 aromatic heterocycles. The van der Waals surface area contributed by atoms with Gasteiger partial charge in [0.25, 0.3) is 0 Å². The molecule has 0 atom stereocenters.